The lowest BCUT2D eigenvalue weighted by atomic mass is 9.80. The molecule has 3 heterocycles. The number of imidazole rings is 1. The molecule has 11 heteroatoms. The van der Waals surface area contributed by atoms with Gasteiger partial charge in [-0.1, -0.05) is 54.9 Å². The summed E-state index contributed by atoms with van der Waals surface area (Å²) in [5.74, 6) is -2.40. The number of hydrogen-bond acceptors (Lipinski definition) is 10. The van der Waals surface area contributed by atoms with E-state index in [0.717, 1.165) is 6.42 Å². The summed E-state index contributed by atoms with van der Waals surface area (Å²) in [6, 6.07) is 0.276. The average Bonchev–Trinajstić information content (AvgIpc) is 3.55. The minimum absolute atomic E-state index is 0.00444. The maximum Gasteiger partial charge on any atom is 0.419 e. The number of carbonyl (C=O) groups excluding carboxylic acids is 3. The van der Waals surface area contributed by atoms with Crippen LogP contribution in [0.4, 0.5) is 4.79 Å². The van der Waals surface area contributed by atoms with E-state index in [1.807, 2.05) is 41.8 Å². The molecule has 0 aromatic carbocycles. The molecule has 11 nitrogen and oxygen atoms in total. The number of aliphatic hydroxyl groups is 1. The lowest BCUT2D eigenvalue weighted by Gasteiger charge is -2.41. The highest BCUT2D eigenvalue weighted by Crippen LogP contribution is 2.33. The molecule has 3 rings (SSSR count). The molecule has 2 aliphatic heterocycles. The van der Waals surface area contributed by atoms with Gasteiger partial charge in [0, 0.05) is 36.7 Å². The molecule has 1 aromatic rings. The Bertz CT molecular complexity index is 1120. The Morgan fingerprint density at radius 2 is 1.70 bits per heavy atom. The molecule has 1 unspecified atom stereocenters. The fourth-order valence-corrected chi connectivity index (χ4v) is 6.20. The zero-order valence-corrected chi connectivity index (χ0v) is 29.8. The van der Waals surface area contributed by atoms with Crippen LogP contribution < -0.4 is 0 Å². The summed E-state index contributed by atoms with van der Waals surface area (Å²) in [6.07, 6.45) is 4.37. The fourth-order valence-electron chi connectivity index (χ4n) is 6.20. The van der Waals surface area contributed by atoms with Crippen molar-refractivity contribution in [3.8, 4) is 0 Å². The van der Waals surface area contributed by atoms with Crippen LogP contribution in [0.25, 0.3) is 0 Å². The SMILES string of the molecule is CCC.CC[C@H]1OC(O)[C@H](C)C(=O)[C@H](C)[C@@H](O[C@H]2C[C@@H](N(C)C)C[C@@H](C)O2)[C@@H](C)C[C@@H](C)C(=O)/C(C)=C/[C@@H]1OC(=O)n1ccnc1. The highest BCUT2D eigenvalue weighted by Gasteiger charge is 2.40. The molecule has 0 radical (unpaired) electrons. The van der Waals surface area contributed by atoms with Gasteiger partial charge in [0.15, 0.2) is 18.4 Å². The normalized spacial score (nSPS) is 36.2. The van der Waals surface area contributed by atoms with Gasteiger partial charge >= 0.3 is 6.09 Å². The topological polar surface area (TPSA) is 129 Å². The number of carbonyl (C=O) groups is 3. The number of Topliss-reactive ketones (excluding diaryl/α,β-unsaturated/α-hetero) is 2. The minimum atomic E-state index is -1.47. The van der Waals surface area contributed by atoms with Crippen LogP contribution in [-0.2, 0) is 28.5 Å². The van der Waals surface area contributed by atoms with Gasteiger partial charge in [0.25, 0.3) is 0 Å². The van der Waals surface area contributed by atoms with Crippen LogP contribution in [0.1, 0.15) is 94.4 Å². The molecule has 0 spiro atoms. The second kappa shape index (κ2) is 18.8. The molecular weight excluding hydrogens is 590 g/mol. The molecule has 1 saturated heterocycles. The summed E-state index contributed by atoms with van der Waals surface area (Å²) in [4.78, 5) is 46.3. The number of hydrogen-bond donors (Lipinski definition) is 1. The summed E-state index contributed by atoms with van der Waals surface area (Å²) in [5.41, 5.74) is 0.421. The molecule has 1 N–H and O–H groups in total. The Hall–Kier alpha value is -2.44. The smallest absolute Gasteiger partial charge is 0.419 e. The van der Waals surface area contributed by atoms with Crippen LogP contribution in [0.15, 0.2) is 30.4 Å². The second-order valence-corrected chi connectivity index (χ2v) is 13.4. The van der Waals surface area contributed by atoms with Gasteiger partial charge in [0.05, 0.1) is 18.1 Å². The van der Waals surface area contributed by atoms with Gasteiger partial charge in [-0.05, 0) is 64.8 Å². The Balaban J connectivity index is 0.00000236. The number of ketones is 2. The van der Waals surface area contributed by atoms with E-state index < -0.39 is 54.7 Å². The van der Waals surface area contributed by atoms with Gasteiger partial charge in [-0.15, -0.1) is 0 Å². The first-order valence-corrected chi connectivity index (χ1v) is 16.9. The number of aromatic nitrogens is 2. The number of rotatable bonds is 5. The average molecular weight is 650 g/mol. The fraction of sp³-hybridized carbons (Fsp3) is 0.771. The van der Waals surface area contributed by atoms with Crippen LogP contribution in [0.5, 0.6) is 0 Å². The lowest BCUT2D eigenvalue weighted by Crippen LogP contribution is -2.48. The largest absolute Gasteiger partial charge is 0.439 e. The van der Waals surface area contributed by atoms with Gasteiger partial charge in [0.1, 0.15) is 24.3 Å². The van der Waals surface area contributed by atoms with Crippen LogP contribution in [0.2, 0.25) is 0 Å². The van der Waals surface area contributed by atoms with Gasteiger partial charge < -0.3 is 29.0 Å². The summed E-state index contributed by atoms with van der Waals surface area (Å²) in [6.45, 7) is 17.1. The Labute approximate surface area is 276 Å². The van der Waals surface area contributed by atoms with E-state index in [0.29, 0.717) is 24.8 Å². The van der Waals surface area contributed by atoms with Crippen LogP contribution in [0.3, 0.4) is 0 Å². The van der Waals surface area contributed by atoms with Gasteiger partial charge in [-0.2, -0.15) is 0 Å². The Morgan fingerprint density at radius 1 is 1.04 bits per heavy atom. The highest BCUT2D eigenvalue weighted by molar-refractivity contribution is 5.96. The van der Waals surface area contributed by atoms with E-state index in [9.17, 15) is 19.5 Å². The molecule has 1 aromatic heterocycles. The third-order valence-corrected chi connectivity index (χ3v) is 8.88. The molecule has 1 fully saturated rings. The highest BCUT2D eigenvalue weighted by atomic mass is 16.7. The molecule has 2 aliphatic rings. The quantitative estimate of drug-likeness (QED) is 0.428. The van der Waals surface area contributed by atoms with Crippen molar-refractivity contribution in [3.63, 3.8) is 0 Å². The van der Waals surface area contributed by atoms with Crippen molar-refractivity contribution in [2.24, 2.45) is 23.7 Å². The van der Waals surface area contributed by atoms with E-state index in [1.165, 1.54) is 29.7 Å². The number of aliphatic hydroxyl groups excluding tert-OH is 1. The van der Waals surface area contributed by atoms with Crippen molar-refractivity contribution in [2.45, 2.75) is 137 Å². The zero-order valence-electron chi connectivity index (χ0n) is 29.8. The Morgan fingerprint density at radius 3 is 2.26 bits per heavy atom. The van der Waals surface area contributed by atoms with E-state index in [1.54, 1.807) is 26.8 Å². The first-order chi connectivity index (χ1) is 21.6. The minimum Gasteiger partial charge on any atom is -0.439 e. The summed E-state index contributed by atoms with van der Waals surface area (Å²) in [7, 11) is 4.07. The maximum atomic E-state index is 13.8. The summed E-state index contributed by atoms with van der Waals surface area (Å²) >= 11 is 0. The number of nitrogens with zero attached hydrogens (tertiary/aromatic N) is 3. The van der Waals surface area contributed by atoms with E-state index in [2.05, 4.69) is 23.7 Å². The van der Waals surface area contributed by atoms with Crippen LogP contribution in [-0.4, -0.2) is 94.4 Å². The van der Waals surface area contributed by atoms with Crippen molar-refractivity contribution in [1.82, 2.24) is 14.5 Å². The van der Waals surface area contributed by atoms with Crippen molar-refractivity contribution < 1.29 is 38.4 Å². The summed E-state index contributed by atoms with van der Waals surface area (Å²) in [5, 5.41) is 11.1. The van der Waals surface area contributed by atoms with Crippen LogP contribution >= 0.6 is 0 Å². The molecule has 0 bridgehead atoms. The molecule has 0 saturated carbocycles. The van der Waals surface area contributed by atoms with E-state index in [-0.39, 0.29) is 29.6 Å². The summed E-state index contributed by atoms with van der Waals surface area (Å²) < 4.78 is 25.7. The number of ether oxygens (including phenoxy) is 4. The third-order valence-electron chi connectivity index (χ3n) is 8.88. The monoisotopic (exact) mass is 649 g/mol. The first kappa shape index (κ1) is 39.7. The molecule has 0 aliphatic carbocycles. The molecule has 11 atom stereocenters. The number of allylic oxidation sites excluding steroid dienone is 1. The van der Waals surface area contributed by atoms with Crippen molar-refractivity contribution in [2.75, 3.05) is 14.1 Å². The molecule has 0 amide bonds. The predicted molar refractivity (Wildman–Crippen MR) is 176 cm³/mol. The first-order valence-electron chi connectivity index (χ1n) is 16.9. The second-order valence-electron chi connectivity index (χ2n) is 13.4. The van der Waals surface area contributed by atoms with Crippen molar-refractivity contribution >= 4 is 17.7 Å². The van der Waals surface area contributed by atoms with E-state index >= 15 is 0 Å². The molecule has 46 heavy (non-hydrogen) atoms. The predicted octanol–water partition coefficient (Wildman–Crippen LogP) is 5.64. The van der Waals surface area contributed by atoms with E-state index in [4.69, 9.17) is 18.9 Å². The Kier molecular flexibility index (Phi) is 16.2. The van der Waals surface area contributed by atoms with Crippen molar-refractivity contribution in [1.29, 1.82) is 0 Å². The zero-order chi connectivity index (χ0) is 34.7. The van der Waals surface area contributed by atoms with Crippen molar-refractivity contribution in [3.05, 3.63) is 30.4 Å². The van der Waals surface area contributed by atoms with Gasteiger partial charge in [0.2, 0.25) is 0 Å². The third kappa shape index (κ3) is 11.1. The maximum absolute atomic E-state index is 13.8. The standard InChI is InChI=1S/C32H51N3O8.C3H8/c1-10-25-26(42-32(39)35-12-11-33-17-35)14-19(3)28(36)18(2)13-20(4)30(22(6)29(37)23(7)31(38)41-25)43-27-16-24(34(8)9)15-21(5)40-27;1-3-2/h11-12,14,17-18,20-27,30-31,38H,10,13,15-16H2,1-9H3;3H2,1-2H3/b19-14+;/t18-,20+,21-,22+,23-,24+,25-,26+,27+,30+,31?;/m1./s1. The molecule has 262 valence electrons. The van der Waals surface area contributed by atoms with Crippen LogP contribution in [0, 0.1) is 23.7 Å². The molecular formula is C35H59N3O8. The van der Waals surface area contributed by atoms with Gasteiger partial charge in [-0.3, -0.25) is 9.59 Å². The lowest BCUT2D eigenvalue weighted by molar-refractivity contribution is -0.238. The van der Waals surface area contributed by atoms with Gasteiger partial charge in [-0.25, -0.2) is 14.3 Å².